The van der Waals surface area contributed by atoms with Gasteiger partial charge in [0.25, 0.3) is 0 Å². The quantitative estimate of drug-likeness (QED) is 0.274. The van der Waals surface area contributed by atoms with E-state index in [2.05, 4.69) is 96.4 Å². The Balaban J connectivity index is 1.69. The molecule has 1 aliphatic carbocycles. The molecule has 6 aromatic rings. The van der Waals surface area contributed by atoms with Crippen LogP contribution in [-0.4, -0.2) is 4.57 Å². The van der Waals surface area contributed by atoms with Crippen molar-refractivity contribution in [1.29, 1.82) is 0 Å². The molecule has 0 aliphatic heterocycles. The predicted molar refractivity (Wildman–Crippen MR) is 128 cm³/mol. The summed E-state index contributed by atoms with van der Waals surface area (Å²) in [6.07, 6.45) is 1.02. The molecule has 1 nitrogen and oxygen atoms in total. The fourth-order valence-electron chi connectivity index (χ4n) is 5.73. The molecule has 0 radical (unpaired) electrons. The van der Waals surface area contributed by atoms with E-state index in [1.807, 2.05) is 0 Å². The highest BCUT2D eigenvalue weighted by Gasteiger charge is 2.26. The summed E-state index contributed by atoms with van der Waals surface area (Å²) in [7, 11) is 0. The van der Waals surface area contributed by atoms with Crippen LogP contribution in [0.1, 0.15) is 18.1 Å². The van der Waals surface area contributed by atoms with Gasteiger partial charge in [0.2, 0.25) is 0 Å². The molecule has 0 N–H and O–H groups in total. The topological polar surface area (TPSA) is 4.93 Å². The monoisotopic (exact) mass is 383 g/mol. The fourth-order valence-corrected chi connectivity index (χ4v) is 5.73. The van der Waals surface area contributed by atoms with E-state index in [1.165, 1.54) is 65.6 Å². The molecule has 1 aliphatic rings. The second kappa shape index (κ2) is 5.73. The van der Waals surface area contributed by atoms with Crippen LogP contribution in [0.25, 0.3) is 54.5 Å². The molecule has 1 aromatic heterocycles. The SMILES string of the molecule is CCn1c2ccc3ccccc3c2c2ccc3c(c21)-c1ccc2ccccc2c1C3. The standard InChI is InChI=1S/C29H21N/c1-2-30-26-16-13-19-8-4-6-10-22(19)28(26)24-15-12-20-17-25-21-9-5-3-7-18(21)11-14-23(25)27(20)29(24)30/h3-16H,2,17H2,1H3. The van der Waals surface area contributed by atoms with Crippen LogP contribution in [0, 0.1) is 0 Å². The number of nitrogens with zero attached hydrogens (tertiary/aromatic N) is 1. The van der Waals surface area contributed by atoms with Crippen molar-refractivity contribution in [2.45, 2.75) is 19.9 Å². The van der Waals surface area contributed by atoms with E-state index in [9.17, 15) is 0 Å². The lowest BCUT2D eigenvalue weighted by atomic mass is 9.98. The summed E-state index contributed by atoms with van der Waals surface area (Å²) in [6, 6.07) is 31.5. The summed E-state index contributed by atoms with van der Waals surface area (Å²) in [6.45, 7) is 3.24. The minimum Gasteiger partial charge on any atom is -0.340 e. The van der Waals surface area contributed by atoms with Crippen molar-refractivity contribution in [3.05, 3.63) is 96.1 Å². The summed E-state index contributed by atoms with van der Waals surface area (Å²) in [5.74, 6) is 0. The van der Waals surface area contributed by atoms with Crippen molar-refractivity contribution < 1.29 is 0 Å². The van der Waals surface area contributed by atoms with E-state index in [1.54, 1.807) is 0 Å². The number of hydrogen-bond donors (Lipinski definition) is 0. The summed E-state index contributed by atoms with van der Waals surface area (Å²) in [5, 5.41) is 8.16. The van der Waals surface area contributed by atoms with Gasteiger partial charge in [-0.2, -0.15) is 0 Å². The van der Waals surface area contributed by atoms with Crippen molar-refractivity contribution in [1.82, 2.24) is 4.57 Å². The van der Waals surface area contributed by atoms with E-state index in [0.717, 1.165) is 13.0 Å². The van der Waals surface area contributed by atoms with Gasteiger partial charge in [-0.3, -0.25) is 0 Å². The Morgan fingerprint density at radius 2 is 1.43 bits per heavy atom. The van der Waals surface area contributed by atoms with Crippen molar-refractivity contribution in [2.75, 3.05) is 0 Å². The number of hydrogen-bond acceptors (Lipinski definition) is 0. The number of benzene rings is 5. The van der Waals surface area contributed by atoms with Gasteiger partial charge in [0.05, 0.1) is 5.52 Å². The van der Waals surface area contributed by atoms with Crippen molar-refractivity contribution in [2.24, 2.45) is 0 Å². The third kappa shape index (κ3) is 1.92. The van der Waals surface area contributed by atoms with Crippen molar-refractivity contribution >= 4 is 43.4 Å². The van der Waals surface area contributed by atoms with Gasteiger partial charge in [-0.1, -0.05) is 78.9 Å². The summed E-state index contributed by atoms with van der Waals surface area (Å²) < 4.78 is 2.53. The van der Waals surface area contributed by atoms with Gasteiger partial charge in [-0.25, -0.2) is 0 Å². The molecule has 1 heteroatoms. The Morgan fingerprint density at radius 3 is 2.27 bits per heavy atom. The average Bonchev–Trinajstić information content (AvgIpc) is 3.34. The largest absolute Gasteiger partial charge is 0.340 e. The maximum Gasteiger partial charge on any atom is 0.0574 e. The van der Waals surface area contributed by atoms with Gasteiger partial charge >= 0.3 is 0 Å². The van der Waals surface area contributed by atoms with Crippen LogP contribution < -0.4 is 0 Å². The van der Waals surface area contributed by atoms with Crippen LogP contribution in [0.4, 0.5) is 0 Å². The van der Waals surface area contributed by atoms with Gasteiger partial charge in [-0.15, -0.1) is 0 Å². The molecular formula is C29H21N. The second-order valence-corrected chi connectivity index (χ2v) is 8.41. The van der Waals surface area contributed by atoms with E-state index >= 15 is 0 Å². The van der Waals surface area contributed by atoms with Gasteiger partial charge in [-0.05, 0) is 57.6 Å². The molecule has 0 atom stereocenters. The van der Waals surface area contributed by atoms with E-state index in [0.29, 0.717) is 0 Å². The predicted octanol–water partition coefficient (Wildman–Crippen LogP) is 7.69. The molecule has 0 unspecified atom stereocenters. The number of aromatic nitrogens is 1. The molecule has 0 saturated heterocycles. The molecular weight excluding hydrogens is 362 g/mol. The lowest BCUT2D eigenvalue weighted by Crippen LogP contribution is -1.95. The van der Waals surface area contributed by atoms with Crippen LogP contribution >= 0.6 is 0 Å². The zero-order chi connectivity index (χ0) is 19.8. The average molecular weight is 383 g/mol. The van der Waals surface area contributed by atoms with Crippen molar-refractivity contribution in [3.8, 4) is 11.1 Å². The zero-order valence-corrected chi connectivity index (χ0v) is 16.9. The molecule has 0 amide bonds. The summed E-state index contributed by atoms with van der Waals surface area (Å²) >= 11 is 0. The van der Waals surface area contributed by atoms with Gasteiger partial charge in [0, 0.05) is 28.4 Å². The minimum absolute atomic E-state index is 0.970. The number of rotatable bonds is 1. The highest BCUT2D eigenvalue weighted by atomic mass is 15.0. The first-order valence-electron chi connectivity index (χ1n) is 10.8. The highest BCUT2D eigenvalue weighted by Crippen LogP contribution is 2.47. The lowest BCUT2D eigenvalue weighted by Gasteiger charge is -2.10. The molecule has 1 heterocycles. The van der Waals surface area contributed by atoms with Crippen LogP contribution in [0.3, 0.4) is 0 Å². The first kappa shape index (κ1) is 16.2. The van der Waals surface area contributed by atoms with Crippen LogP contribution in [0.2, 0.25) is 0 Å². The highest BCUT2D eigenvalue weighted by molar-refractivity contribution is 6.23. The number of aryl methyl sites for hydroxylation is 1. The Hall–Kier alpha value is -3.58. The molecule has 30 heavy (non-hydrogen) atoms. The van der Waals surface area contributed by atoms with Crippen LogP contribution in [0.5, 0.6) is 0 Å². The van der Waals surface area contributed by atoms with Crippen molar-refractivity contribution in [3.63, 3.8) is 0 Å². The smallest absolute Gasteiger partial charge is 0.0574 e. The molecule has 0 fully saturated rings. The van der Waals surface area contributed by atoms with Gasteiger partial charge in [0.1, 0.15) is 0 Å². The maximum absolute atomic E-state index is 2.53. The molecule has 0 saturated carbocycles. The molecule has 7 rings (SSSR count). The first-order chi connectivity index (χ1) is 14.8. The maximum atomic E-state index is 2.53. The Kier molecular flexibility index (Phi) is 3.10. The lowest BCUT2D eigenvalue weighted by molar-refractivity contribution is 0.828. The minimum atomic E-state index is 0.970. The molecule has 0 bridgehead atoms. The third-order valence-corrected chi connectivity index (χ3v) is 6.99. The fraction of sp³-hybridized carbons (Fsp3) is 0.103. The Bertz CT molecular complexity index is 1650. The number of fused-ring (bicyclic) bond motifs is 11. The van der Waals surface area contributed by atoms with Crippen LogP contribution in [0.15, 0.2) is 84.9 Å². The molecule has 142 valence electrons. The summed E-state index contributed by atoms with van der Waals surface area (Å²) in [5.41, 5.74) is 8.53. The molecule has 5 aromatic carbocycles. The first-order valence-corrected chi connectivity index (χ1v) is 10.8. The molecule has 0 spiro atoms. The normalized spacial score (nSPS) is 12.8. The van der Waals surface area contributed by atoms with E-state index in [4.69, 9.17) is 0 Å². The second-order valence-electron chi connectivity index (χ2n) is 8.41. The Labute approximate surface area is 175 Å². The van der Waals surface area contributed by atoms with E-state index < -0.39 is 0 Å². The Morgan fingerprint density at radius 1 is 0.700 bits per heavy atom. The van der Waals surface area contributed by atoms with Gasteiger partial charge in [0.15, 0.2) is 0 Å². The third-order valence-electron chi connectivity index (χ3n) is 6.99. The van der Waals surface area contributed by atoms with E-state index in [-0.39, 0.29) is 0 Å². The van der Waals surface area contributed by atoms with Gasteiger partial charge < -0.3 is 4.57 Å². The van der Waals surface area contributed by atoms with Crippen LogP contribution in [-0.2, 0) is 13.0 Å². The summed E-state index contributed by atoms with van der Waals surface area (Å²) in [4.78, 5) is 0. The zero-order valence-electron chi connectivity index (χ0n) is 16.9.